The maximum Gasteiger partial charge on any atom is 0.0181 e. The van der Waals surface area contributed by atoms with Gasteiger partial charge >= 0.3 is 0 Å². The zero-order valence-electron chi connectivity index (χ0n) is 8.92. The molecule has 1 saturated carbocycles. The lowest BCUT2D eigenvalue weighted by molar-refractivity contribution is 0.0713. The maximum atomic E-state index is 5.91. The Kier molecular flexibility index (Phi) is 2.37. The average Bonchev–Trinajstić information content (AvgIpc) is 2.87. The number of rotatable bonds is 2. The molecule has 2 aliphatic rings. The van der Waals surface area contributed by atoms with E-state index in [4.69, 9.17) is 5.73 Å². The molecule has 0 atom stereocenters. The van der Waals surface area contributed by atoms with Crippen molar-refractivity contribution in [2.24, 2.45) is 11.7 Å². The van der Waals surface area contributed by atoms with Crippen molar-refractivity contribution in [1.29, 1.82) is 0 Å². The molecule has 1 aliphatic carbocycles. The molecule has 0 aromatic rings. The summed E-state index contributed by atoms with van der Waals surface area (Å²) < 4.78 is 0. The van der Waals surface area contributed by atoms with Gasteiger partial charge in [0.25, 0.3) is 0 Å². The molecular weight excluding hydrogens is 160 g/mol. The van der Waals surface area contributed by atoms with E-state index in [9.17, 15) is 0 Å². The summed E-state index contributed by atoms with van der Waals surface area (Å²) in [5, 5.41) is 0. The lowest BCUT2D eigenvalue weighted by Gasteiger charge is -2.42. The maximum absolute atomic E-state index is 5.91. The van der Waals surface area contributed by atoms with Crippen LogP contribution in [0.25, 0.3) is 0 Å². The molecule has 1 saturated heterocycles. The van der Waals surface area contributed by atoms with Gasteiger partial charge in [-0.25, -0.2) is 0 Å². The van der Waals surface area contributed by atoms with E-state index in [1.54, 1.807) is 0 Å². The zero-order valence-corrected chi connectivity index (χ0v) is 8.92. The number of likely N-dealkylation sites (tertiary alicyclic amines) is 1. The molecule has 2 fully saturated rings. The van der Waals surface area contributed by atoms with Gasteiger partial charge in [-0.2, -0.15) is 0 Å². The molecule has 2 N–H and O–H groups in total. The van der Waals surface area contributed by atoms with Crippen molar-refractivity contribution >= 4 is 0 Å². The highest BCUT2D eigenvalue weighted by molar-refractivity contribution is 4.97. The normalized spacial score (nSPS) is 27.9. The average molecular weight is 182 g/mol. The SMILES string of the molecule is CC(C)(C1CC1)N1CCC(N)CC1. The Morgan fingerprint density at radius 1 is 1.08 bits per heavy atom. The van der Waals surface area contributed by atoms with Crippen LogP contribution in [-0.2, 0) is 0 Å². The van der Waals surface area contributed by atoms with Gasteiger partial charge in [0, 0.05) is 24.7 Å². The number of piperidine rings is 1. The lowest BCUT2D eigenvalue weighted by Crippen LogP contribution is -2.51. The van der Waals surface area contributed by atoms with Crippen molar-refractivity contribution in [2.75, 3.05) is 13.1 Å². The Labute approximate surface area is 81.5 Å². The summed E-state index contributed by atoms with van der Waals surface area (Å²) in [6.45, 7) is 7.23. The van der Waals surface area contributed by atoms with Gasteiger partial charge in [-0.05, 0) is 45.4 Å². The largest absolute Gasteiger partial charge is 0.328 e. The summed E-state index contributed by atoms with van der Waals surface area (Å²) >= 11 is 0. The highest BCUT2D eigenvalue weighted by Gasteiger charge is 2.42. The zero-order chi connectivity index (χ0) is 9.47. The summed E-state index contributed by atoms with van der Waals surface area (Å²) in [5.74, 6) is 0.960. The first-order valence-corrected chi connectivity index (χ1v) is 5.61. The van der Waals surface area contributed by atoms with E-state index < -0.39 is 0 Å². The van der Waals surface area contributed by atoms with E-state index in [1.807, 2.05) is 0 Å². The molecule has 0 amide bonds. The number of hydrogen-bond acceptors (Lipinski definition) is 2. The van der Waals surface area contributed by atoms with Crippen molar-refractivity contribution in [3.8, 4) is 0 Å². The predicted molar refractivity (Wildman–Crippen MR) is 55.6 cm³/mol. The summed E-state index contributed by atoms with van der Waals surface area (Å²) in [7, 11) is 0. The quantitative estimate of drug-likeness (QED) is 0.703. The van der Waals surface area contributed by atoms with Gasteiger partial charge in [0.15, 0.2) is 0 Å². The Balaban J connectivity index is 1.92. The van der Waals surface area contributed by atoms with Gasteiger partial charge in [0.2, 0.25) is 0 Å². The molecule has 1 heterocycles. The Hall–Kier alpha value is -0.0800. The second kappa shape index (κ2) is 3.25. The summed E-state index contributed by atoms with van der Waals surface area (Å²) in [5.41, 5.74) is 6.35. The van der Waals surface area contributed by atoms with Gasteiger partial charge < -0.3 is 5.73 Å². The number of hydrogen-bond donors (Lipinski definition) is 1. The third kappa shape index (κ3) is 1.89. The minimum absolute atomic E-state index is 0.445. The van der Waals surface area contributed by atoms with Crippen LogP contribution >= 0.6 is 0 Å². The smallest absolute Gasteiger partial charge is 0.0181 e. The molecule has 13 heavy (non-hydrogen) atoms. The Morgan fingerprint density at radius 3 is 2.08 bits per heavy atom. The van der Waals surface area contributed by atoms with E-state index in [-0.39, 0.29) is 0 Å². The van der Waals surface area contributed by atoms with Crippen LogP contribution < -0.4 is 5.73 Å². The fourth-order valence-corrected chi connectivity index (χ4v) is 2.52. The second-order valence-corrected chi connectivity index (χ2v) is 5.25. The van der Waals surface area contributed by atoms with Crippen molar-refractivity contribution in [1.82, 2.24) is 4.90 Å². The van der Waals surface area contributed by atoms with Crippen LogP contribution in [0.2, 0.25) is 0 Å². The molecule has 2 nitrogen and oxygen atoms in total. The number of nitrogens with two attached hydrogens (primary N) is 1. The fraction of sp³-hybridized carbons (Fsp3) is 1.00. The third-order valence-corrected chi connectivity index (χ3v) is 3.93. The first kappa shape index (κ1) is 9.47. The predicted octanol–water partition coefficient (Wildman–Crippen LogP) is 1.60. The highest BCUT2D eigenvalue weighted by atomic mass is 15.2. The van der Waals surface area contributed by atoms with Crippen LogP contribution in [-0.4, -0.2) is 29.6 Å². The van der Waals surface area contributed by atoms with Crippen molar-refractivity contribution in [3.63, 3.8) is 0 Å². The lowest BCUT2D eigenvalue weighted by atomic mass is 9.92. The van der Waals surface area contributed by atoms with Crippen LogP contribution in [0.4, 0.5) is 0 Å². The molecule has 0 unspecified atom stereocenters. The molecular formula is C11H22N2. The first-order chi connectivity index (χ1) is 6.10. The molecule has 2 heteroatoms. The minimum atomic E-state index is 0.445. The Bertz CT molecular complexity index is 177. The van der Waals surface area contributed by atoms with Crippen molar-refractivity contribution < 1.29 is 0 Å². The van der Waals surface area contributed by atoms with E-state index >= 15 is 0 Å². The monoisotopic (exact) mass is 182 g/mol. The third-order valence-electron chi connectivity index (χ3n) is 3.93. The van der Waals surface area contributed by atoms with Crippen molar-refractivity contribution in [3.05, 3.63) is 0 Å². The first-order valence-electron chi connectivity index (χ1n) is 5.61. The minimum Gasteiger partial charge on any atom is -0.328 e. The summed E-state index contributed by atoms with van der Waals surface area (Å²) in [4.78, 5) is 2.65. The van der Waals surface area contributed by atoms with E-state index in [0.717, 1.165) is 5.92 Å². The van der Waals surface area contributed by atoms with Gasteiger partial charge in [-0.1, -0.05) is 0 Å². The fourth-order valence-electron chi connectivity index (χ4n) is 2.52. The van der Waals surface area contributed by atoms with Crippen LogP contribution in [0.5, 0.6) is 0 Å². The molecule has 1 aliphatic heterocycles. The second-order valence-electron chi connectivity index (χ2n) is 5.25. The molecule has 0 aromatic heterocycles. The molecule has 0 radical (unpaired) electrons. The van der Waals surface area contributed by atoms with E-state index in [2.05, 4.69) is 18.7 Å². The standard InChI is InChI=1S/C11H22N2/c1-11(2,9-3-4-9)13-7-5-10(12)6-8-13/h9-10H,3-8,12H2,1-2H3. The summed E-state index contributed by atoms with van der Waals surface area (Å²) in [6, 6.07) is 0.464. The highest BCUT2D eigenvalue weighted by Crippen LogP contribution is 2.43. The van der Waals surface area contributed by atoms with Crippen LogP contribution in [0.1, 0.15) is 39.5 Å². The molecule has 0 bridgehead atoms. The van der Waals surface area contributed by atoms with E-state index in [0.29, 0.717) is 11.6 Å². The van der Waals surface area contributed by atoms with Gasteiger partial charge in [-0.3, -0.25) is 4.90 Å². The van der Waals surface area contributed by atoms with E-state index in [1.165, 1.54) is 38.8 Å². The van der Waals surface area contributed by atoms with Crippen LogP contribution in [0, 0.1) is 5.92 Å². The molecule has 0 spiro atoms. The van der Waals surface area contributed by atoms with Crippen molar-refractivity contribution in [2.45, 2.75) is 51.1 Å². The Morgan fingerprint density at radius 2 is 1.62 bits per heavy atom. The molecule has 76 valence electrons. The van der Waals surface area contributed by atoms with Gasteiger partial charge in [0.1, 0.15) is 0 Å². The number of nitrogens with zero attached hydrogens (tertiary/aromatic N) is 1. The topological polar surface area (TPSA) is 29.3 Å². The van der Waals surface area contributed by atoms with Crippen LogP contribution in [0.3, 0.4) is 0 Å². The summed E-state index contributed by atoms with van der Waals surface area (Å²) in [6.07, 6.45) is 5.26. The van der Waals surface area contributed by atoms with Gasteiger partial charge in [0.05, 0.1) is 0 Å². The molecule has 2 rings (SSSR count). The van der Waals surface area contributed by atoms with Crippen LogP contribution in [0.15, 0.2) is 0 Å². The molecule has 0 aromatic carbocycles. The van der Waals surface area contributed by atoms with Gasteiger partial charge in [-0.15, -0.1) is 0 Å².